The average molecular weight is 809 g/mol. The number of H-pyrrole nitrogens is 1. The van der Waals surface area contributed by atoms with E-state index in [1.54, 1.807) is 0 Å². The van der Waals surface area contributed by atoms with Gasteiger partial charge < -0.3 is 10.7 Å². The minimum absolute atomic E-state index is 0.378. The molecule has 60 heavy (non-hydrogen) atoms. The highest BCUT2D eigenvalue weighted by atomic mass is 15.2. The maximum absolute atomic E-state index is 9.75. The van der Waals surface area contributed by atoms with Gasteiger partial charge in [0.1, 0.15) is 53.9 Å². The zero-order chi connectivity index (χ0) is 42.9. The normalized spacial score (nSPS) is 11.9. The number of anilines is 1. The van der Waals surface area contributed by atoms with Crippen molar-refractivity contribution in [2.24, 2.45) is 0 Å². The molecule has 5 N–H and O–H groups in total. The van der Waals surface area contributed by atoms with Crippen LogP contribution < -0.4 is 30.1 Å². The predicted molar refractivity (Wildman–Crippen MR) is 243 cm³/mol. The van der Waals surface area contributed by atoms with E-state index in [0.29, 0.717) is 17.6 Å². The van der Waals surface area contributed by atoms with Gasteiger partial charge in [-0.1, -0.05) is 18.7 Å². The van der Waals surface area contributed by atoms with Crippen LogP contribution in [-0.2, 0) is 39.3 Å². The van der Waals surface area contributed by atoms with Gasteiger partial charge in [0.15, 0.2) is 0 Å². The Balaban J connectivity index is 1.89. The number of nitrogens with zero attached hydrogens (tertiary/aromatic N) is 8. The molecule has 0 spiro atoms. The van der Waals surface area contributed by atoms with Crippen LogP contribution in [0, 0.1) is 5.41 Å². The monoisotopic (exact) mass is 809 g/mol. The van der Waals surface area contributed by atoms with Crippen molar-refractivity contribution >= 4 is 34.7 Å². The number of nitrogens with two attached hydrogens (primary N) is 1. The van der Waals surface area contributed by atoms with Crippen LogP contribution in [0.5, 0.6) is 0 Å². The Labute approximate surface area is 354 Å². The standard InChI is InChI=1S/C48H62N12/c1-10-51-45(54(11-2)12-3)35-21-19-23-36(49)42(46-55(13-4)29-30-56(46)14-5)38-25-27-40(52-38)44(48-59(17-8)33-34-60(48)18-9)41-28-26-39(53-41)43(37(50)24-20-22-35)47-57(15-6)31-32-58(47)16-7/h11,19-34H,2,10,12-18H2,1,3-9H3,(H3,49,50)/q+2/p+2. The van der Waals surface area contributed by atoms with Gasteiger partial charge in [-0.2, -0.15) is 0 Å². The van der Waals surface area contributed by atoms with Gasteiger partial charge in [-0.15, -0.1) is 0 Å². The minimum atomic E-state index is 0.378. The van der Waals surface area contributed by atoms with Crippen molar-refractivity contribution in [3.63, 3.8) is 0 Å². The fourth-order valence-electron chi connectivity index (χ4n) is 8.07. The van der Waals surface area contributed by atoms with Crippen molar-refractivity contribution in [3.8, 4) is 34.2 Å². The molecule has 0 fully saturated rings. The lowest BCUT2D eigenvalue weighted by Gasteiger charge is -2.07. The smallest absolute Gasteiger partial charge is 0.293 e. The molecule has 312 valence electrons. The summed E-state index contributed by atoms with van der Waals surface area (Å²) in [7, 11) is 0. The first-order valence-electron chi connectivity index (χ1n) is 21.6. The third-order valence-corrected chi connectivity index (χ3v) is 11.1. The summed E-state index contributed by atoms with van der Waals surface area (Å²) in [6.45, 7) is 27.3. The van der Waals surface area contributed by atoms with E-state index in [-0.39, 0.29) is 0 Å². The van der Waals surface area contributed by atoms with Gasteiger partial charge in [0.2, 0.25) is 0 Å². The highest BCUT2D eigenvalue weighted by molar-refractivity contribution is 5.95. The number of nitrogens with one attached hydrogen (secondary N) is 3. The van der Waals surface area contributed by atoms with E-state index < -0.39 is 0 Å². The van der Waals surface area contributed by atoms with E-state index in [2.05, 4.69) is 172 Å². The van der Waals surface area contributed by atoms with Crippen molar-refractivity contribution in [2.45, 2.75) is 94.7 Å². The Bertz CT molecular complexity index is 2620. The zero-order valence-electron chi connectivity index (χ0n) is 36.8. The first-order valence-corrected chi connectivity index (χ1v) is 21.6. The van der Waals surface area contributed by atoms with Crippen LogP contribution >= 0.6 is 0 Å². The van der Waals surface area contributed by atoms with Crippen molar-refractivity contribution in [1.82, 2.24) is 29.0 Å². The predicted octanol–water partition coefficient (Wildman–Crippen LogP) is 6.84. The molecule has 0 saturated carbocycles. The molecule has 0 radical (unpaired) electrons. The second-order valence-corrected chi connectivity index (χ2v) is 14.4. The van der Waals surface area contributed by atoms with Crippen LogP contribution in [0.4, 0.5) is 5.69 Å². The largest absolute Gasteiger partial charge is 0.398 e. The van der Waals surface area contributed by atoms with Gasteiger partial charge in [0.25, 0.3) is 23.3 Å². The van der Waals surface area contributed by atoms with Gasteiger partial charge >= 0.3 is 0 Å². The maximum atomic E-state index is 9.75. The number of imidazole rings is 3. The molecule has 1 aliphatic rings. The maximum Gasteiger partial charge on any atom is 0.293 e. The number of rotatable bonds is 13. The van der Waals surface area contributed by atoms with E-state index in [1.165, 1.54) is 0 Å². The lowest BCUT2D eigenvalue weighted by Crippen LogP contribution is -2.34. The molecule has 5 aromatic rings. The van der Waals surface area contributed by atoms with Crippen molar-refractivity contribution in [3.05, 3.63) is 121 Å². The number of aromatic nitrogens is 8. The fraction of sp³-hybridized carbons (Fsp3) is 0.333. The van der Waals surface area contributed by atoms with Crippen LogP contribution in [0.2, 0.25) is 0 Å². The van der Waals surface area contributed by atoms with E-state index in [1.807, 2.05) is 36.5 Å². The Hall–Kier alpha value is -6.56. The lowest BCUT2D eigenvalue weighted by molar-refractivity contribution is -0.682. The average Bonchev–Trinajstić information content (AvgIpc) is 4.12. The lowest BCUT2D eigenvalue weighted by atomic mass is 10.1. The van der Waals surface area contributed by atoms with Gasteiger partial charge in [0, 0.05) is 5.69 Å². The molecule has 6 heterocycles. The summed E-state index contributed by atoms with van der Waals surface area (Å²) in [5, 5.41) is 13.7. The number of aromatic amines is 1. The number of amidine groups is 1. The third-order valence-electron chi connectivity index (χ3n) is 11.1. The second kappa shape index (κ2) is 19.5. The van der Waals surface area contributed by atoms with Gasteiger partial charge in [0.05, 0.1) is 91.9 Å². The molecule has 0 saturated heterocycles. The highest BCUT2D eigenvalue weighted by Gasteiger charge is 2.28. The molecule has 0 aliphatic carbocycles. The highest BCUT2D eigenvalue weighted by Crippen LogP contribution is 2.33. The van der Waals surface area contributed by atoms with Crippen molar-refractivity contribution < 1.29 is 18.3 Å². The van der Waals surface area contributed by atoms with E-state index in [0.717, 1.165) is 114 Å². The van der Waals surface area contributed by atoms with E-state index >= 15 is 0 Å². The molecule has 5 aromatic heterocycles. The molecule has 0 atom stereocenters. The van der Waals surface area contributed by atoms with E-state index in [9.17, 15) is 5.41 Å². The van der Waals surface area contributed by atoms with Gasteiger partial charge in [-0.3, -0.25) is 10.7 Å². The third kappa shape index (κ3) is 8.32. The molecule has 6 rings (SSSR count). The molecular weight excluding hydrogens is 745 g/mol. The van der Waals surface area contributed by atoms with Crippen LogP contribution in [-0.4, -0.2) is 47.2 Å². The second-order valence-electron chi connectivity index (χ2n) is 14.4. The first kappa shape index (κ1) is 43.0. The number of nitrogen functional groups attached to an aromatic ring is 1. The number of hydrogen-bond donors (Lipinski definition) is 4. The van der Waals surface area contributed by atoms with E-state index in [4.69, 9.17) is 10.7 Å². The van der Waals surface area contributed by atoms with Crippen molar-refractivity contribution in [2.75, 3.05) is 18.8 Å². The van der Waals surface area contributed by atoms with Crippen LogP contribution in [0.3, 0.4) is 0 Å². The summed E-state index contributed by atoms with van der Waals surface area (Å²) in [5.74, 6) is 3.91. The summed E-state index contributed by atoms with van der Waals surface area (Å²) in [6.07, 6.45) is 18.7. The Kier molecular flexibility index (Phi) is 14.0. The molecule has 4 bridgehead atoms. The molecular formula is C48H64N12+4. The Morgan fingerprint density at radius 2 is 1.20 bits per heavy atom. The minimum Gasteiger partial charge on any atom is -0.398 e. The molecule has 0 unspecified atom stereocenters. The fourth-order valence-corrected chi connectivity index (χ4v) is 8.07. The molecule has 1 aliphatic heterocycles. The molecule has 0 amide bonds. The van der Waals surface area contributed by atoms with Crippen LogP contribution in [0.25, 0.3) is 57.3 Å². The van der Waals surface area contributed by atoms with Crippen LogP contribution in [0.15, 0.2) is 98.5 Å². The van der Waals surface area contributed by atoms with Crippen LogP contribution in [0.1, 0.15) is 72.3 Å². The SMILES string of the molecule is C=C[N+](CC)=C(NCC)c1cccc(N)c(-c2n(CC)cc[n+]2CC)c2nc(c(-c3n(CC)cc[n+]3CC)c3ccc([nH]3)c(-c3n(CC)cc[n+]3CC)c(=N)ccc1)C=C2. The quantitative estimate of drug-likeness (QED) is 0.0582. The summed E-state index contributed by atoms with van der Waals surface area (Å²) in [4.78, 5) is 9.32. The first-order chi connectivity index (χ1) is 29.2. The Morgan fingerprint density at radius 3 is 1.68 bits per heavy atom. The summed E-state index contributed by atoms with van der Waals surface area (Å²) < 4.78 is 15.5. The van der Waals surface area contributed by atoms with Gasteiger partial charge in [-0.05, 0) is 104 Å². The summed E-state index contributed by atoms with van der Waals surface area (Å²) >= 11 is 0. The summed E-state index contributed by atoms with van der Waals surface area (Å²) in [6, 6.07) is 16.2. The van der Waals surface area contributed by atoms with Crippen molar-refractivity contribution in [1.29, 1.82) is 5.41 Å². The molecule has 12 nitrogen and oxygen atoms in total. The topological polar surface area (TPSA) is 120 Å². The Morgan fingerprint density at radius 1 is 0.717 bits per heavy atom. The number of aryl methyl sites for hydroxylation is 6. The molecule has 12 heteroatoms. The number of fused-ring (bicyclic) bond motifs is 4. The summed E-state index contributed by atoms with van der Waals surface area (Å²) in [5.41, 5.74) is 14.7. The van der Waals surface area contributed by atoms with Gasteiger partial charge in [-0.25, -0.2) is 37.0 Å². The number of hydrogen-bond acceptors (Lipinski definition) is 3. The zero-order valence-corrected chi connectivity index (χ0v) is 36.8. The molecule has 0 aromatic carbocycles.